The first-order valence-electron chi connectivity index (χ1n) is 8.29. The minimum atomic E-state index is 0. The lowest BCUT2D eigenvalue weighted by atomic mass is 9.99. The van der Waals surface area contributed by atoms with Crippen molar-refractivity contribution in [3.8, 4) is 5.75 Å². The molecule has 130 valence electrons. The maximum atomic E-state index is 12.2. The first kappa shape index (κ1) is 19.8. The van der Waals surface area contributed by atoms with Gasteiger partial charge in [-0.15, -0.1) is 12.4 Å². The Bertz CT molecular complexity index is 476. The number of hydrogen-bond donors (Lipinski definition) is 2. The number of rotatable bonds is 6. The van der Waals surface area contributed by atoms with Crippen molar-refractivity contribution in [3.05, 3.63) is 29.8 Å². The molecule has 0 aromatic heterocycles. The van der Waals surface area contributed by atoms with Gasteiger partial charge < -0.3 is 15.4 Å². The molecule has 0 saturated carbocycles. The van der Waals surface area contributed by atoms with E-state index in [2.05, 4.69) is 31.4 Å². The molecule has 2 rings (SSSR count). The summed E-state index contributed by atoms with van der Waals surface area (Å²) >= 11 is 0. The van der Waals surface area contributed by atoms with E-state index in [9.17, 15) is 4.79 Å². The van der Waals surface area contributed by atoms with Crippen LogP contribution in [0.15, 0.2) is 24.3 Å². The largest absolute Gasteiger partial charge is 0.493 e. The highest BCUT2D eigenvalue weighted by Gasteiger charge is 2.22. The Hall–Kier alpha value is -1.26. The fourth-order valence-corrected chi connectivity index (χ4v) is 2.65. The van der Waals surface area contributed by atoms with Crippen molar-refractivity contribution in [2.24, 2.45) is 5.92 Å². The van der Waals surface area contributed by atoms with E-state index in [1.807, 2.05) is 24.3 Å². The van der Waals surface area contributed by atoms with E-state index < -0.39 is 0 Å². The maximum Gasteiger partial charge on any atom is 0.224 e. The molecule has 23 heavy (non-hydrogen) atoms. The maximum absolute atomic E-state index is 12.2. The second-order valence-electron chi connectivity index (χ2n) is 6.58. The van der Waals surface area contributed by atoms with Gasteiger partial charge in [0.15, 0.2) is 0 Å². The highest BCUT2D eigenvalue weighted by Crippen LogP contribution is 2.14. The third kappa shape index (κ3) is 6.80. The molecule has 2 unspecified atom stereocenters. The van der Waals surface area contributed by atoms with Crippen LogP contribution in [0.1, 0.15) is 39.2 Å². The second-order valence-corrected chi connectivity index (χ2v) is 6.58. The summed E-state index contributed by atoms with van der Waals surface area (Å²) in [6, 6.07) is 8.42. The van der Waals surface area contributed by atoms with Crippen LogP contribution in [0.4, 0.5) is 0 Å². The minimum absolute atomic E-state index is 0. The molecule has 1 saturated heterocycles. The summed E-state index contributed by atoms with van der Waals surface area (Å²) in [6.45, 7) is 8.14. The summed E-state index contributed by atoms with van der Waals surface area (Å²) in [5, 5.41) is 6.54. The first-order chi connectivity index (χ1) is 10.5. The SMILES string of the molecule is CC(C)COc1ccc(CC(=O)NC2CCCNC2C)cc1.Cl. The number of amides is 1. The quantitative estimate of drug-likeness (QED) is 0.837. The molecule has 2 N–H and O–H groups in total. The monoisotopic (exact) mass is 340 g/mol. The van der Waals surface area contributed by atoms with Gasteiger partial charge in [-0.1, -0.05) is 26.0 Å². The summed E-state index contributed by atoms with van der Waals surface area (Å²) in [5.41, 5.74) is 1.02. The van der Waals surface area contributed by atoms with Crippen LogP contribution in [-0.2, 0) is 11.2 Å². The van der Waals surface area contributed by atoms with E-state index in [0.717, 1.165) is 30.7 Å². The molecule has 4 nitrogen and oxygen atoms in total. The molecule has 1 fully saturated rings. The molecule has 0 aliphatic carbocycles. The number of piperidine rings is 1. The summed E-state index contributed by atoms with van der Waals surface area (Å²) in [7, 11) is 0. The van der Waals surface area contributed by atoms with E-state index in [4.69, 9.17) is 4.74 Å². The van der Waals surface area contributed by atoms with E-state index in [-0.39, 0.29) is 24.4 Å². The summed E-state index contributed by atoms with van der Waals surface area (Å²) < 4.78 is 5.65. The third-order valence-electron chi connectivity index (χ3n) is 3.98. The molecule has 1 amide bonds. The highest BCUT2D eigenvalue weighted by molar-refractivity contribution is 5.85. The summed E-state index contributed by atoms with van der Waals surface area (Å²) in [4.78, 5) is 12.2. The molecular weight excluding hydrogens is 312 g/mol. The summed E-state index contributed by atoms with van der Waals surface area (Å²) in [6.07, 6.45) is 2.60. The van der Waals surface area contributed by atoms with Crippen molar-refractivity contribution in [2.75, 3.05) is 13.2 Å². The van der Waals surface area contributed by atoms with E-state index in [0.29, 0.717) is 25.0 Å². The van der Waals surface area contributed by atoms with Gasteiger partial charge in [0.25, 0.3) is 0 Å². The van der Waals surface area contributed by atoms with E-state index >= 15 is 0 Å². The number of ether oxygens (including phenoxy) is 1. The molecule has 1 aliphatic heterocycles. The van der Waals surface area contributed by atoms with Gasteiger partial charge in [0.2, 0.25) is 5.91 Å². The van der Waals surface area contributed by atoms with Gasteiger partial charge in [0, 0.05) is 12.1 Å². The average Bonchev–Trinajstić information content (AvgIpc) is 2.49. The molecule has 0 bridgehead atoms. The van der Waals surface area contributed by atoms with Gasteiger partial charge in [-0.3, -0.25) is 4.79 Å². The van der Waals surface area contributed by atoms with Gasteiger partial charge in [0.1, 0.15) is 5.75 Å². The Morgan fingerprint density at radius 2 is 2.04 bits per heavy atom. The Morgan fingerprint density at radius 1 is 1.35 bits per heavy atom. The second kappa shape index (κ2) is 9.78. The van der Waals surface area contributed by atoms with Gasteiger partial charge in [-0.05, 0) is 49.9 Å². The molecule has 1 aliphatic rings. The van der Waals surface area contributed by atoms with Gasteiger partial charge in [0.05, 0.1) is 13.0 Å². The van der Waals surface area contributed by atoms with Crippen LogP contribution < -0.4 is 15.4 Å². The highest BCUT2D eigenvalue weighted by atomic mass is 35.5. The lowest BCUT2D eigenvalue weighted by Crippen LogP contribution is -2.52. The molecule has 2 atom stereocenters. The van der Waals surface area contributed by atoms with Crippen LogP contribution in [0.5, 0.6) is 5.75 Å². The number of carbonyl (C=O) groups is 1. The Morgan fingerprint density at radius 3 is 2.65 bits per heavy atom. The molecule has 1 aromatic carbocycles. The van der Waals surface area contributed by atoms with E-state index in [1.165, 1.54) is 0 Å². The number of halogens is 1. The van der Waals surface area contributed by atoms with E-state index in [1.54, 1.807) is 0 Å². The predicted octanol–water partition coefficient (Wildman–Crippen LogP) is 2.94. The lowest BCUT2D eigenvalue weighted by Gasteiger charge is -2.30. The predicted molar refractivity (Wildman–Crippen MR) is 96.4 cm³/mol. The molecule has 1 aromatic rings. The van der Waals surface area contributed by atoms with Crippen LogP contribution in [0.2, 0.25) is 0 Å². The van der Waals surface area contributed by atoms with Crippen molar-refractivity contribution in [1.82, 2.24) is 10.6 Å². The van der Waals surface area contributed by atoms with Crippen LogP contribution >= 0.6 is 12.4 Å². The zero-order valence-corrected chi connectivity index (χ0v) is 15.1. The zero-order chi connectivity index (χ0) is 15.9. The zero-order valence-electron chi connectivity index (χ0n) is 14.3. The van der Waals surface area contributed by atoms with Crippen LogP contribution in [0.25, 0.3) is 0 Å². The van der Waals surface area contributed by atoms with Crippen molar-refractivity contribution in [3.63, 3.8) is 0 Å². The Kier molecular flexibility index (Phi) is 8.42. The Labute approximate surface area is 145 Å². The van der Waals surface area contributed by atoms with Crippen LogP contribution in [-0.4, -0.2) is 31.1 Å². The fourth-order valence-electron chi connectivity index (χ4n) is 2.65. The van der Waals surface area contributed by atoms with Crippen LogP contribution in [0, 0.1) is 5.92 Å². The van der Waals surface area contributed by atoms with Crippen LogP contribution in [0.3, 0.4) is 0 Å². The Balaban J connectivity index is 0.00000264. The minimum Gasteiger partial charge on any atom is -0.493 e. The molecule has 5 heteroatoms. The van der Waals surface area contributed by atoms with Crippen molar-refractivity contribution < 1.29 is 9.53 Å². The van der Waals surface area contributed by atoms with Gasteiger partial charge in [-0.2, -0.15) is 0 Å². The number of nitrogens with one attached hydrogen (secondary N) is 2. The molecule has 1 heterocycles. The molecular formula is C18H29ClN2O2. The third-order valence-corrected chi connectivity index (χ3v) is 3.98. The fraction of sp³-hybridized carbons (Fsp3) is 0.611. The van der Waals surface area contributed by atoms with Gasteiger partial charge >= 0.3 is 0 Å². The smallest absolute Gasteiger partial charge is 0.224 e. The lowest BCUT2D eigenvalue weighted by molar-refractivity contribution is -0.121. The molecule has 0 radical (unpaired) electrons. The summed E-state index contributed by atoms with van der Waals surface area (Å²) in [5.74, 6) is 1.47. The number of carbonyl (C=O) groups excluding carboxylic acids is 1. The number of benzene rings is 1. The normalized spacial score (nSPS) is 20.7. The van der Waals surface area contributed by atoms with Crippen molar-refractivity contribution in [2.45, 2.75) is 52.1 Å². The first-order valence-corrected chi connectivity index (χ1v) is 8.29. The van der Waals surface area contributed by atoms with Crippen molar-refractivity contribution in [1.29, 1.82) is 0 Å². The van der Waals surface area contributed by atoms with Gasteiger partial charge in [-0.25, -0.2) is 0 Å². The molecule has 0 spiro atoms. The standard InChI is InChI=1S/C18H28N2O2.ClH/c1-13(2)12-22-16-8-6-15(7-9-16)11-18(21)20-17-5-4-10-19-14(17)3;/h6-9,13-14,17,19H,4-5,10-12H2,1-3H3,(H,20,21);1H. The topological polar surface area (TPSA) is 50.4 Å². The van der Waals surface area contributed by atoms with Crippen molar-refractivity contribution >= 4 is 18.3 Å². The number of hydrogen-bond acceptors (Lipinski definition) is 3. The average molecular weight is 341 g/mol.